The zero-order valence-corrected chi connectivity index (χ0v) is 10.6. The minimum atomic E-state index is -1.51. The van der Waals surface area contributed by atoms with Gasteiger partial charge in [-0.2, -0.15) is 0 Å². The summed E-state index contributed by atoms with van der Waals surface area (Å²) in [6.45, 7) is 15.3. The summed E-state index contributed by atoms with van der Waals surface area (Å²) < 4.78 is 6.18. The fourth-order valence-electron chi connectivity index (χ4n) is 1.13. The van der Waals surface area contributed by atoms with Crippen LogP contribution in [0.5, 0.6) is 0 Å². The average Bonchev–Trinajstić information content (AvgIpc) is 2.63. The first-order valence-corrected chi connectivity index (χ1v) is 7.99. The molecule has 76 valence electrons. The Morgan fingerprint density at radius 3 is 2.23 bits per heavy atom. The van der Waals surface area contributed by atoms with E-state index in [9.17, 15) is 0 Å². The van der Waals surface area contributed by atoms with E-state index < -0.39 is 8.32 Å². The van der Waals surface area contributed by atoms with Crippen molar-refractivity contribution >= 4 is 8.32 Å². The van der Waals surface area contributed by atoms with Crippen molar-refractivity contribution in [3.8, 4) is 0 Å². The van der Waals surface area contributed by atoms with Crippen LogP contribution in [0.15, 0.2) is 12.7 Å². The molecule has 2 heteroatoms. The molecule has 13 heavy (non-hydrogen) atoms. The standard InChI is InChI=1S/C11H22OSi/c1-7-9-8-10(9)12-13(5,6)11(2,3)4/h7,9-10H,1,8H2,2-6H3. The van der Waals surface area contributed by atoms with Crippen molar-refractivity contribution in [2.24, 2.45) is 5.92 Å². The van der Waals surface area contributed by atoms with Crippen molar-refractivity contribution in [2.75, 3.05) is 0 Å². The molecule has 0 saturated heterocycles. The highest BCUT2D eigenvalue weighted by Crippen LogP contribution is 2.43. The van der Waals surface area contributed by atoms with Crippen LogP contribution in [0.25, 0.3) is 0 Å². The Kier molecular flexibility index (Phi) is 2.75. The van der Waals surface area contributed by atoms with Gasteiger partial charge >= 0.3 is 0 Å². The molecule has 0 aromatic carbocycles. The van der Waals surface area contributed by atoms with E-state index in [1.165, 1.54) is 6.42 Å². The maximum absolute atomic E-state index is 6.18. The van der Waals surface area contributed by atoms with E-state index in [-0.39, 0.29) is 0 Å². The van der Waals surface area contributed by atoms with Gasteiger partial charge in [-0.1, -0.05) is 26.8 Å². The van der Waals surface area contributed by atoms with Crippen LogP contribution < -0.4 is 0 Å². The Hall–Kier alpha value is -0.0831. The lowest BCUT2D eigenvalue weighted by atomic mass is 10.2. The van der Waals surface area contributed by atoms with Gasteiger partial charge in [-0.3, -0.25) is 0 Å². The third-order valence-electron chi connectivity index (χ3n) is 3.33. The van der Waals surface area contributed by atoms with Gasteiger partial charge < -0.3 is 4.43 Å². The van der Waals surface area contributed by atoms with Crippen LogP contribution in [-0.2, 0) is 4.43 Å². The van der Waals surface area contributed by atoms with E-state index in [0.717, 1.165) is 0 Å². The Bertz CT molecular complexity index is 203. The highest BCUT2D eigenvalue weighted by molar-refractivity contribution is 6.74. The second-order valence-corrected chi connectivity index (χ2v) is 10.3. The summed E-state index contributed by atoms with van der Waals surface area (Å²) in [7, 11) is -1.51. The summed E-state index contributed by atoms with van der Waals surface area (Å²) in [4.78, 5) is 0. The van der Waals surface area contributed by atoms with Gasteiger partial charge in [0.05, 0.1) is 6.10 Å². The van der Waals surface area contributed by atoms with E-state index in [0.29, 0.717) is 17.1 Å². The molecule has 0 aliphatic heterocycles. The number of hydrogen-bond acceptors (Lipinski definition) is 1. The molecule has 2 atom stereocenters. The minimum absolute atomic E-state index is 0.335. The number of hydrogen-bond donors (Lipinski definition) is 0. The molecule has 1 saturated carbocycles. The van der Waals surface area contributed by atoms with Crippen molar-refractivity contribution in [3.05, 3.63) is 12.7 Å². The first-order chi connectivity index (χ1) is 5.78. The third-order valence-corrected chi connectivity index (χ3v) is 7.84. The molecule has 0 heterocycles. The van der Waals surface area contributed by atoms with Crippen LogP contribution in [0, 0.1) is 5.92 Å². The molecule has 1 aliphatic rings. The van der Waals surface area contributed by atoms with Gasteiger partial charge in [0.1, 0.15) is 0 Å². The van der Waals surface area contributed by atoms with Crippen LogP contribution in [0.4, 0.5) is 0 Å². The van der Waals surface area contributed by atoms with Crippen molar-refractivity contribution in [1.82, 2.24) is 0 Å². The molecule has 0 amide bonds. The van der Waals surface area contributed by atoms with E-state index >= 15 is 0 Å². The lowest BCUT2D eigenvalue weighted by Crippen LogP contribution is -2.41. The third kappa shape index (κ3) is 2.44. The smallest absolute Gasteiger partial charge is 0.192 e. The van der Waals surface area contributed by atoms with Crippen LogP contribution >= 0.6 is 0 Å². The zero-order chi connectivity index (χ0) is 10.3. The molecular weight excluding hydrogens is 176 g/mol. The van der Waals surface area contributed by atoms with Crippen LogP contribution in [0.1, 0.15) is 27.2 Å². The highest BCUT2D eigenvalue weighted by atomic mass is 28.4. The van der Waals surface area contributed by atoms with Crippen LogP contribution in [0.3, 0.4) is 0 Å². The van der Waals surface area contributed by atoms with Gasteiger partial charge in [0.2, 0.25) is 0 Å². The molecule has 1 rings (SSSR count). The largest absolute Gasteiger partial charge is 0.413 e. The summed E-state index contributed by atoms with van der Waals surface area (Å²) in [5, 5.41) is 0.335. The SMILES string of the molecule is C=CC1CC1O[Si](C)(C)C(C)(C)C. The first kappa shape index (κ1) is 11.0. The van der Waals surface area contributed by atoms with Gasteiger partial charge in [-0.05, 0) is 24.6 Å². The van der Waals surface area contributed by atoms with Gasteiger partial charge in [-0.15, -0.1) is 6.58 Å². The summed E-state index contributed by atoms with van der Waals surface area (Å²) >= 11 is 0. The van der Waals surface area contributed by atoms with Crippen molar-refractivity contribution < 1.29 is 4.43 Å². The van der Waals surface area contributed by atoms with Crippen molar-refractivity contribution in [1.29, 1.82) is 0 Å². The zero-order valence-electron chi connectivity index (χ0n) is 9.55. The van der Waals surface area contributed by atoms with Gasteiger partial charge in [0, 0.05) is 5.92 Å². The van der Waals surface area contributed by atoms with E-state index in [2.05, 4.69) is 40.4 Å². The minimum Gasteiger partial charge on any atom is -0.413 e. The van der Waals surface area contributed by atoms with Crippen LogP contribution in [0.2, 0.25) is 18.1 Å². The fraction of sp³-hybridized carbons (Fsp3) is 0.818. The number of rotatable bonds is 3. The summed E-state index contributed by atoms with van der Waals surface area (Å²) in [6.07, 6.45) is 3.70. The summed E-state index contributed by atoms with van der Waals surface area (Å²) in [5.74, 6) is 0.633. The maximum Gasteiger partial charge on any atom is 0.192 e. The van der Waals surface area contributed by atoms with E-state index in [1.807, 2.05) is 6.08 Å². The lowest BCUT2D eigenvalue weighted by molar-refractivity contribution is 0.264. The first-order valence-electron chi connectivity index (χ1n) is 5.08. The van der Waals surface area contributed by atoms with E-state index in [4.69, 9.17) is 4.43 Å². The molecule has 0 N–H and O–H groups in total. The summed E-state index contributed by atoms with van der Waals surface area (Å²) in [5.41, 5.74) is 0. The second kappa shape index (κ2) is 3.25. The maximum atomic E-state index is 6.18. The van der Waals surface area contributed by atoms with Crippen molar-refractivity contribution in [2.45, 2.75) is 51.4 Å². The molecule has 0 radical (unpaired) electrons. The molecule has 1 aliphatic carbocycles. The molecule has 0 bridgehead atoms. The molecule has 2 unspecified atom stereocenters. The Morgan fingerprint density at radius 2 is 1.92 bits per heavy atom. The summed E-state index contributed by atoms with van der Waals surface area (Å²) in [6, 6.07) is 0. The monoisotopic (exact) mass is 198 g/mol. The molecule has 1 fully saturated rings. The van der Waals surface area contributed by atoms with E-state index in [1.54, 1.807) is 0 Å². The predicted octanol–water partition coefficient (Wildman–Crippen LogP) is 3.58. The normalized spacial score (nSPS) is 28.7. The Balaban J connectivity index is 2.49. The predicted molar refractivity (Wildman–Crippen MR) is 60.4 cm³/mol. The van der Waals surface area contributed by atoms with Gasteiger partial charge in [0.25, 0.3) is 0 Å². The average molecular weight is 198 g/mol. The van der Waals surface area contributed by atoms with Gasteiger partial charge in [0.15, 0.2) is 8.32 Å². The molecular formula is C11H22OSi. The lowest BCUT2D eigenvalue weighted by Gasteiger charge is -2.36. The molecule has 0 spiro atoms. The van der Waals surface area contributed by atoms with Crippen molar-refractivity contribution in [3.63, 3.8) is 0 Å². The molecule has 1 nitrogen and oxygen atoms in total. The molecule has 0 aromatic heterocycles. The second-order valence-electron chi connectivity index (χ2n) is 5.55. The van der Waals surface area contributed by atoms with Gasteiger partial charge in [-0.25, -0.2) is 0 Å². The fourth-order valence-corrected chi connectivity index (χ4v) is 2.51. The Labute approximate surface area is 83.3 Å². The Morgan fingerprint density at radius 1 is 1.38 bits per heavy atom. The van der Waals surface area contributed by atoms with Crippen LogP contribution in [-0.4, -0.2) is 14.4 Å². The quantitative estimate of drug-likeness (QED) is 0.497. The topological polar surface area (TPSA) is 9.23 Å². The highest BCUT2D eigenvalue weighted by Gasteiger charge is 2.45. The molecule has 0 aromatic rings.